The standard InChI is InChI=1S/C34H34ClN7O2/c1-3-31(43)41-18-17-40(20-25(41)12-14-36)33-26-13-16-39(29-11-5-8-23-7-4-10-28(35)32(23)29)22-30(26)42(34(44)27(33)19-37)21-24-9-6-15-38(24)2/h3-5,7-8,10-12,24H,1,6,9,13,15-18,20-22H2,2H3/t24-/m0/s1. The Bertz CT molecular complexity index is 1830. The number of hydrogen-bond acceptors (Lipinski definition) is 7. The highest BCUT2D eigenvalue weighted by Crippen LogP contribution is 2.38. The lowest BCUT2D eigenvalue weighted by Gasteiger charge is -2.41. The van der Waals surface area contributed by atoms with Gasteiger partial charge in [0.15, 0.2) is 0 Å². The number of allylic oxidation sites excluding steroid dienone is 1. The average molecular weight is 608 g/mol. The number of fused-ring (bicyclic) bond motifs is 2. The molecule has 6 rings (SSSR count). The van der Waals surface area contributed by atoms with Crippen LogP contribution in [0.4, 0.5) is 11.4 Å². The molecule has 3 aliphatic rings. The van der Waals surface area contributed by atoms with Crippen LogP contribution in [-0.2, 0) is 24.3 Å². The van der Waals surface area contributed by atoms with E-state index in [4.69, 9.17) is 11.6 Å². The molecule has 3 aliphatic heterocycles. The zero-order valence-electron chi connectivity index (χ0n) is 24.8. The van der Waals surface area contributed by atoms with Crippen LogP contribution in [0.3, 0.4) is 0 Å². The molecule has 0 unspecified atom stereocenters. The number of carbonyl (C=O) groups is 1. The Morgan fingerprint density at radius 2 is 1.89 bits per heavy atom. The van der Waals surface area contributed by atoms with E-state index < -0.39 is 0 Å². The average Bonchev–Trinajstić information content (AvgIpc) is 3.45. The summed E-state index contributed by atoms with van der Waals surface area (Å²) < 4.78 is 1.84. The van der Waals surface area contributed by atoms with E-state index in [1.165, 1.54) is 17.1 Å². The van der Waals surface area contributed by atoms with Crippen LogP contribution in [0, 0.1) is 22.7 Å². The molecule has 1 amide bonds. The topological polar surface area (TPSA) is 99.6 Å². The van der Waals surface area contributed by atoms with E-state index in [0.29, 0.717) is 55.6 Å². The van der Waals surface area contributed by atoms with Gasteiger partial charge in [-0.2, -0.15) is 10.5 Å². The van der Waals surface area contributed by atoms with Gasteiger partial charge >= 0.3 is 0 Å². The summed E-state index contributed by atoms with van der Waals surface area (Å²) in [4.78, 5) is 34.9. The number of benzene rings is 2. The Kier molecular flexibility index (Phi) is 8.18. The molecule has 1 aromatic heterocycles. The lowest BCUT2D eigenvalue weighted by Crippen LogP contribution is -2.49. The molecule has 1 atom stereocenters. The van der Waals surface area contributed by atoms with E-state index in [9.17, 15) is 20.1 Å². The Labute approximate surface area is 262 Å². The maximum atomic E-state index is 14.3. The zero-order chi connectivity index (χ0) is 31.0. The number of pyridine rings is 1. The third kappa shape index (κ3) is 5.13. The molecule has 2 fully saturated rings. The molecule has 0 saturated carbocycles. The molecule has 0 aliphatic carbocycles. The van der Waals surface area contributed by atoms with Crippen molar-refractivity contribution in [3.05, 3.63) is 93.0 Å². The van der Waals surface area contributed by atoms with Gasteiger partial charge in [0.05, 0.1) is 35.6 Å². The van der Waals surface area contributed by atoms with Crippen LogP contribution in [0.5, 0.6) is 0 Å². The minimum absolute atomic E-state index is 0.117. The molecule has 0 bridgehead atoms. The molecule has 44 heavy (non-hydrogen) atoms. The molecule has 3 aromatic rings. The first-order chi connectivity index (χ1) is 21.4. The number of likely N-dealkylation sites (tertiary alicyclic amines) is 1. The molecule has 0 radical (unpaired) electrons. The second kappa shape index (κ2) is 12.2. The molecule has 2 saturated heterocycles. The van der Waals surface area contributed by atoms with E-state index in [-0.39, 0.29) is 29.6 Å². The highest BCUT2D eigenvalue weighted by atomic mass is 35.5. The molecule has 0 spiro atoms. The third-order valence-electron chi connectivity index (χ3n) is 9.26. The maximum absolute atomic E-state index is 14.3. The van der Waals surface area contributed by atoms with Crippen LogP contribution >= 0.6 is 11.6 Å². The van der Waals surface area contributed by atoms with Gasteiger partial charge in [0, 0.05) is 60.6 Å². The van der Waals surface area contributed by atoms with Crippen molar-refractivity contribution in [1.29, 1.82) is 10.5 Å². The number of amides is 1. The van der Waals surface area contributed by atoms with Gasteiger partial charge in [0.1, 0.15) is 11.6 Å². The van der Waals surface area contributed by atoms with Crippen molar-refractivity contribution < 1.29 is 4.79 Å². The summed E-state index contributed by atoms with van der Waals surface area (Å²) in [5.74, 6) is -0.283. The van der Waals surface area contributed by atoms with Crippen molar-refractivity contribution in [2.24, 2.45) is 0 Å². The van der Waals surface area contributed by atoms with Gasteiger partial charge in [-0.05, 0) is 56.4 Å². The minimum atomic E-state index is -0.297. The van der Waals surface area contributed by atoms with Gasteiger partial charge in [-0.1, -0.05) is 42.4 Å². The molecular formula is C34H34ClN7O2. The Morgan fingerprint density at radius 3 is 2.59 bits per heavy atom. The van der Waals surface area contributed by atoms with E-state index in [1.807, 2.05) is 33.7 Å². The largest absolute Gasteiger partial charge is 0.365 e. The summed E-state index contributed by atoms with van der Waals surface area (Å²) in [7, 11) is 2.09. The number of carbonyl (C=O) groups excluding carboxylic acids is 1. The SMILES string of the molecule is C=CC(=O)N1CCN(c2c3c(n(C[C@@H]4CCCN4C)c(=O)c2C#N)CN(c2cccc4cccc(Cl)c24)CC3)CC1=CC#N. The molecule has 9 nitrogen and oxygen atoms in total. The molecular weight excluding hydrogens is 574 g/mol. The summed E-state index contributed by atoms with van der Waals surface area (Å²) in [5, 5.41) is 22.6. The van der Waals surface area contributed by atoms with Crippen LogP contribution in [0.25, 0.3) is 10.8 Å². The fourth-order valence-electron chi connectivity index (χ4n) is 7.04. The lowest BCUT2D eigenvalue weighted by atomic mass is 9.96. The first-order valence-corrected chi connectivity index (χ1v) is 15.3. The molecule has 0 N–H and O–H groups in total. The number of likely N-dealkylation sites (N-methyl/N-ethyl adjacent to an activating group) is 1. The molecule has 2 aromatic carbocycles. The van der Waals surface area contributed by atoms with Crippen LogP contribution in [-0.4, -0.2) is 66.1 Å². The summed E-state index contributed by atoms with van der Waals surface area (Å²) in [6.45, 7) is 7.21. The highest BCUT2D eigenvalue weighted by Gasteiger charge is 2.34. The van der Waals surface area contributed by atoms with Crippen LogP contribution in [0.2, 0.25) is 5.02 Å². The number of piperazine rings is 1. The summed E-state index contributed by atoms with van der Waals surface area (Å²) in [6, 6.07) is 16.6. The Morgan fingerprint density at radius 1 is 1.09 bits per heavy atom. The normalized spacial score (nSPS) is 19.6. The second-order valence-corrected chi connectivity index (χ2v) is 12.0. The number of aromatic nitrogens is 1. The first kappa shape index (κ1) is 29.5. The predicted molar refractivity (Wildman–Crippen MR) is 173 cm³/mol. The third-order valence-corrected chi connectivity index (χ3v) is 9.57. The van der Waals surface area contributed by atoms with Gasteiger partial charge < -0.3 is 24.2 Å². The van der Waals surface area contributed by atoms with Crippen molar-refractivity contribution >= 4 is 39.7 Å². The van der Waals surface area contributed by atoms with Crippen LogP contribution in [0.15, 0.2) is 65.6 Å². The molecule has 4 heterocycles. The van der Waals surface area contributed by atoms with Gasteiger partial charge in [0.2, 0.25) is 5.91 Å². The first-order valence-electron chi connectivity index (χ1n) is 14.9. The van der Waals surface area contributed by atoms with Crippen LogP contribution < -0.4 is 15.4 Å². The maximum Gasteiger partial charge on any atom is 0.270 e. The van der Waals surface area contributed by atoms with E-state index >= 15 is 0 Å². The molecule has 224 valence electrons. The highest BCUT2D eigenvalue weighted by molar-refractivity contribution is 6.36. The van der Waals surface area contributed by atoms with Crippen molar-refractivity contribution in [3.8, 4) is 12.1 Å². The predicted octanol–water partition coefficient (Wildman–Crippen LogP) is 4.43. The summed E-state index contributed by atoms with van der Waals surface area (Å²) in [5.41, 5.74) is 3.84. The second-order valence-electron chi connectivity index (χ2n) is 11.6. The fourth-order valence-corrected chi connectivity index (χ4v) is 7.32. The van der Waals surface area contributed by atoms with Crippen molar-refractivity contribution in [2.45, 2.75) is 38.4 Å². The van der Waals surface area contributed by atoms with Gasteiger partial charge in [-0.15, -0.1) is 0 Å². The van der Waals surface area contributed by atoms with Gasteiger partial charge in [0.25, 0.3) is 5.56 Å². The van der Waals surface area contributed by atoms with E-state index in [2.05, 4.69) is 47.7 Å². The smallest absolute Gasteiger partial charge is 0.270 e. The summed E-state index contributed by atoms with van der Waals surface area (Å²) >= 11 is 6.73. The minimum Gasteiger partial charge on any atom is -0.365 e. The molecule has 10 heteroatoms. The summed E-state index contributed by atoms with van der Waals surface area (Å²) in [6.07, 6.45) is 5.27. The monoisotopic (exact) mass is 607 g/mol. The van der Waals surface area contributed by atoms with Crippen LogP contribution in [0.1, 0.15) is 29.7 Å². The number of nitrogens with zero attached hydrogens (tertiary/aromatic N) is 7. The zero-order valence-corrected chi connectivity index (χ0v) is 25.6. The quantitative estimate of drug-likeness (QED) is 0.313. The number of nitriles is 2. The van der Waals surface area contributed by atoms with Crippen molar-refractivity contribution in [3.63, 3.8) is 0 Å². The van der Waals surface area contributed by atoms with E-state index in [1.54, 1.807) is 0 Å². The number of anilines is 2. The number of rotatable bonds is 5. The number of hydrogen-bond donors (Lipinski definition) is 0. The lowest BCUT2D eigenvalue weighted by molar-refractivity contribution is -0.124. The number of halogens is 1. The van der Waals surface area contributed by atoms with Gasteiger partial charge in [-0.25, -0.2) is 0 Å². The van der Waals surface area contributed by atoms with Gasteiger partial charge in [-0.3, -0.25) is 9.59 Å². The van der Waals surface area contributed by atoms with Crippen molar-refractivity contribution in [2.75, 3.05) is 49.6 Å². The Hall–Kier alpha value is -4.57. The fraction of sp³-hybridized carbons (Fsp3) is 0.353. The van der Waals surface area contributed by atoms with Crippen molar-refractivity contribution in [1.82, 2.24) is 14.4 Å². The van der Waals surface area contributed by atoms with E-state index in [0.717, 1.165) is 47.1 Å². The Balaban J connectivity index is 1.49.